The molecule has 3 heterocycles. The van der Waals surface area contributed by atoms with E-state index in [1.54, 1.807) is 10.8 Å². The van der Waals surface area contributed by atoms with E-state index < -0.39 is 0 Å². The topological polar surface area (TPSA) is 93.0 Å². The quantitative estimate of drug-likeness (QED) is 0.629. The van der Waals surface area contributed by atoms with E-state index in [1.807, 2.05) is 12.1 Å². The normalized spacial score (nSPS) is 16.9. The SMILES string of the molecule is CC(=O)c1nc2cnc(Nc3ccc(N4CCCC4)cc3)nc2n(C2CCCC2)c1=O. The molecule has 0 spiro atoms. The average molecular weight is 419 g/mol. The largest absolute Gasteiger partial charge is 0.372 e. The van der Waals surface area contributed by atoms with Crippen molar-refractivity contribution in [2.24, 2.45) is 0 Å². The summed E-state index contributed by atoms with van der Waals surface area (Å²) in [5, 5.41) is 3.24. The molecule has 1 aliphatic heterocycles. The van der Waals surface area contributed by atoms with Crippen LogP contribution in [0, 0.1) is 0 Å². The minimum absolute atomic E-state index is 0.0404. The number of hydrogen-bond acceptors (Lipinski definition) is 7. The lowest BCUT2D eigenvalue weighted by atomic mass is 10.2. The number of nitrogens with zero attached hydrogens (tertiary/aromatic N) is 5. The molecule has 31 heavy (non-hydrogen) atoms. The van der Waals surface area contributed by atoms with E-state index in [4.69, 9.17) is 0 Å². The monoisotopic (exact) mass is 418 g/mol. The molecule has 0 bridgehead atoms. The van der Waals surface area contributed by atoms with Crippen molar-refractivity contribution < 1.29 is 4.79 Å². The Morgan fingerprint density at radius 3 is 2.42 bits per heavy atom. The third-order valence-electron chi connectivity index (χ3n) is 6.25. The standard InChI is InChI=1S/C23H26N6O2/c1-15(30)20-22(31)29(18-6-2-3-7-18)21-19(26-20)14-24-23(27-21)25-16-8-10-17(11-9-16)28-12-4-5-13-28/h8-11,14,18H,2-7,12-13H2,1H3,(H,24,25,27). The molecule has 0 atom stereocenters. The maximum absolute atomic E-state index is 13.0. The molecule has 1 saturated carbocycles. The summed E-state index contributed by atoms with van der Waals surface area (Å²) in [7, 11) is 0. The lowest BCUT2D eigenvalue weighted by molar-refractivity contribution is 0.101. The fourth-order valence-electron chi connectivity index (χ4n) is 4.65. The van der Waals surface area contributed by atoms with Gasteiger partial charge < -0.3 is 10.2 Å². The van der Waals surface area contributed by atoms with E-state index in [-0.39, 0.29) is 23.1 Å². The number of Topliss-reactive ketones (excluding diaryl/α,β-unsaturated/α-hetero) is 1. The first-order chi connectivity index (χ1) is 15.1. The van der Waals surface area contributed by atoms with Gasteiger partial charge in [0.2, 0.25) is 5.95 Å². The molecule has 5 rings (SSSR count). The summed E-state index contributed by atoms with van der Waals surface area (Å²) < 4.78 is 1.66. The molecule has 0 unspecified atom stereocenters. The molecule has 1 saturated heterocycles. The van der Waals surface area contributed by atoms with Crippen LogP contribution in [0.2, 0.25) is 0 Å². The van der Waals surface area contributed by atoms with Crippen molar-refractivity contribution >= 4 is 34.3 Å². The summed E-state index contributed by atoms with van der Waals surface area (Å²) in [4.78, 5) is 40.7. The van der Waals surface area contributed by atoms with E-state index in [0.29, 0.717) is 17.1 Å². The summed E-state index contributed by atoms with van der Waals surface area (Å²) in [6.07, 6.45) is 8.01. The molecule has 8 heteroatoms. The molecule has 1 N–H and O–H groups in total. The second kappa shape index (κ2) is 8.09. The maximum Gasteiger partial charge on any atom is 0.282 e. The highest BCUT2D eigenvalue weighted by Gasteiger charge is 2.24. The first kappa shape index (κ1) is 19.7. The van der Waals surface area contributed by atoms with E-state index >= 15 is 0 Å². The predicted octanol–water partition coefficient (Wildman–Crippen LogP) is 3.85. The molecule has 2 aliphatic rings. The van der Waals surface area contributed by atoms with Crippen LogP contribution in [0.25, 0.3) is 11.2 Å². The molecule has 2 fully saturated rings. The molecular formula is C23H26N6O2. The van der Waals surface area contributed by atoms with Gasteiger partial charge in [-0.05, 0) is 49.9 Å². The van der Waals surface area contributed by atoms with Crippen LogP contribution in [0.4, 0.5) is 17.3 Å². The second-order valence-electron chi connectivity index (χ2n) is 8.40. The van der Waals surface area contributed by atoms with Gasteiger partial charge in [0.15, 0.2) is 17.1 Å². The number of carbonyl (C=O) groups is 1. The van der Waals surface area contributed by atoms with Crippen LogP contribution < -0.4 is 15.8 Å². The number of rotatable bonds is 5. The number of ketones is 1. The zero-order chi connectivity index (χ0) is 21.4. The Labute approximate surface area is 180 Å². The number of benzene rings is 1. The van der Waals surface area contributed by atoms with Gasteiger partial charge >= 0.3 is 0 Å². The Morgan fingerprint density at radius 1 is 1.03 bits per heavy atom. The number of aromatic nitrogens is 4. The number of anilines is 3. The fraction of sp³-hybridized carbons (Fsp3) is 0.435. The summed E-state index contributed by atoms with van der Waals surface area (Å²) in [6.45, 7) is 3.58. The van der Waals surface area contributed by atoms with Gasteiger partial charge in [0, 0.05) is 37.4 Å². The third-order valence-corrected chi connectivity index (χ3v) is 6.25. The average Bonchev–Trinajstić information content (AvgIpc) is 3.48. The smallest absolute Gasteiger partial charge is 0.282 e. The van der Waals surface area contributed by atoms with Crippen molar-refractivity contribution in [3.05, 3.63) is 46.5 Å². The molecule has 8 nitrogen and oxygen atoms in total. The molecule has 0 amide bonds. The summed E-state index contributed by atoms with van der Waals surface area (Å²) in [6, 6.07) is 8.27. The highest BCUT2D eigenvalue weighted by molar-refractivity contribution is 5.93. The molecule has 3 aromatic rings. The second-order valence-corrected chi connectivity index (χ2v) is 8.40. The maximum atomic E-state index is 13.0. The minimum atomic E-state index is -0.355. The van der Waals surface area contributed by atoms with Gasteiger partial charge in [-0.25, -0.2) is 9.97 Å². The van der Waals surface area contributed by atoms with E-state index in [9.17, 15) is 9.59 Å². The lowest BCUT2D eigenvalue weighted by Crippen LogP contribution is -2.30. The summed E-state index contributed by atoms with van der Waals surface area (Å²) in [5.74, 6) is 0.0730. The summed E-state index contributed by atoms with van der Waals surface area (Å²) in [5.41, 5.74) is 2.65. The van der Waals surface area contributed by atoms with E-state index in [1.165, 1.54) is 25.5 Å². The van der Waals surface area contributed by atoms with Gasteiger partial charge in [-0.3, -0.25) is 14.2 Å². The van der Waals surface area contributed by atoms with Crippen LogP contribution in [-0.4, -0.2) is 38.4 Å². The van der Waals surface area contributed by atoms with E-state index in [0.717, 1.165) is 44.5 Å². The van der Waals surface area contributed by atoms with Crippen LogP contribution in [0.1, 0.15) is 62.0 Å². The van der Waals surface area contributed by atoms with Crippen LogP contribution >= 0.6 is 0 Å². The molecule has 160 valence electrons. The minimum Gasteiger partial charge on any atom is -0.372 e. The third kappa shape index (κ3) is 3.78. The van der Waals surface area contributed by atoms with Crippen molar-refractivity contribution in [2.45, 2.75) is 51.5 Å². The lowest BCUT2D eigenvalue weighted by Gasteiger charge is -2.18. The van der Waals surface area contributed by atoms with E-state index in [2.05, 4.69) is 37.3 Å². The van der Waals surface area contributed by atoms with Crippen LogP contribution in [-0.2, 0) is 0 Å². The van der Waals surface area contributed by atoms with Crippen molar-refractivity contribution in [3.63, 3.8) is 0 Å². The fourth-order valence-corrected chi connectivity index (χ4v) is 4.65. The van der Waals surface area contributed by atoms with Crippen LogP contribution in [0.3, 0.4) is 0 Å². The molecule has 0 radical (unpaired) electrons. The van der Waals surface area contributed by atoms with Gasteiger partial charge in [-0.15, -0.1) is 0 Å². The predicted molar refractivity (Wildman–Crippen MR) is 120 cm³/mol. The van der Waals surface area contributed by atoms with Crippen molar-refractivity contribution in [3.8, 4) is 0 Å². The zero-order valence-corrected chi connectivity index (χ0v) is 17.7. The molecule has 2 aromatic heterocycles. The first-order valence-electron chi connectivity index (χ1n) is 11.0. The molecule has 1 aromatic carbocycles. The van der Waals surface area contributed by atoms with Gasteiger partial charge in [0.05, 0.1) is 6.20 Å². The highest BCUT2D eigenvalue weighted by atomic mass is 16.1. The van der Waals surface area contributed by atoms with Crippen molar-refractivity contribution in [2.75, 3.05) is 23.3 Å². The van der Waals surface area contributed by atoms with Gasteiger partial charge in [0.1, 0.15) is 5.52 Å². The number of fused-ring (bicyclic) bond motifs is 1. The van der Waals surface area contributed by atoms with Crippen molar-refractivity contribution in [1.82, 2.24) is 19.5 Å². The zero-order valence-electron chi connectivity index (χ0n) is 17.7. The highest BCUT2D eigenvalue weighted by Crippen LogP contribution is 2.30. The Balaban J connectivity index is 1.50. The van der Waals surface area contributed by atoms with Crippen LogP contribution in [0.15, 0.2) is 35.3 Å². The van der Waals surface area contributed by atoms with Gasteiger partial charge in [-0.1, -0.05) is 12.8 Å². The summed E-state index contributed by atoms with van der Waals surface area (Å²) >= 11 is 0. The molecule has 1 aliphatic carbocycles. The van der Waals surface area contributed by atoms with Gasteiger partial charge in [0.25, 0.3) is 5.56 Å². The Morgan fingerprint density at radius 2 is 1.74 bits per heavy atom. The van der Waals surface area contributed by atoms with Crippen molar-refractivity contribution in [1.29, 1.82) is 0 Å². The number of hydrogen-bond donors (Lipinski definition) is 1. The van der Waals surface area contributed by atoms with Crippen LogP contribution in [0.5, 0.6) is 0 Å². The number of carbonyl (C=O) groups excluding carboxylic acids is 1. The Kier molecular flexibility index (Phi) is 5.13. The Bertz CT molecular complexity index is 1180. The molecular weight excluding hydrogens is 392 g/mol. The Hall–Kier alpha value is -3.29. The number of nitrogens with one attached hydrogen (secondary N) is 1. The van der Waals surface area contributed by atoms with Gasteiger partial charge in [-0.2, -0.15) is 4.98 Å². The first-order valence-corrected chi connectivity index (χ1v) is 11.0.